The van der Waals surface area contributed by atoms with Crippen LogP contribution in [0.25, 0.3) is 0 Å². The first-order chi connectivity index (χ1) is 14.3. The van der Waals surface area contributed by atoms with Gasteiger partial charge in [0.1, 0.15) is 5.75 Å². The Labute approximate surface area is 171 Å². The normalized spacial score (nSPS) is 15.9. The van der Waals surface area contributed by atoms with Crippen LogP contribution in [-0.2, 0) is 19.1 Å². The monoisotopic (exact) mass is 418 g/mol. The van der Waals surface area contributed by atoms with Crippen molar-refractivity contribution in [3.8, 4) is 5.75 Å². The van der Waals surface area contributed by atoms with Gasteiger partial charge in [0.15, 0.2) is 6.61 Å². The predicted molar refractivity (Wildman–Crippen MR) is 104 cm³/mol. The maximum absolute atomic E-state index is 12.4. The number of halogens is 2. The zero-order valence-electron chi connectivity index (χ0n) is 16.1. The molecule has 1 saturated heterocycles. The number of para-hydroxylation sites is 2. The van der Waals surface area contributed by atoms with Crippen LogP contribution in [-0.4, -0.2) is 37.5 Å². The van der Waals surface area contributed by atoms with Crippen LogP contribution in [0.5, 0.6) is 5.75 Å². The van der Waals surface area contributed by atoms with Crippen LogP contribution >= 0.6 is 0 Å². The first kappa shape index (κ1) is 21.2. The van der Waals surface area contributed by atoms with Crippen molar-refractivity contribution in [1.29, 1.82) is 0 Å². The van der Waals surface area contributed by atoms with E-state index < -0.39 is 31.0 Å². The molecule has 0 aromatic heterocycles. The van der Waals surface area contributed by atoms with E-state index >= 15 is 0 Å². The Kier molecular flexibility index (Phi) is 6.61. The fraction of sp³-hybridized carbons (Fsp3) is 0.286. The van der Waals surface area contributed by atoms with Gasteiger partial charge >= 0.3 is 12.6 Å². The van der Waals surface area contributed by atoms with Crippen molar-refractivity contribution in [2.45, 2.75) is 20.0 Å². The maximum atomic E-state index is 12.4. The summed E-state index contributed by atoms with van der Waals surface area (Å²) in [5, 5.41) is 2.36. The number of anilines is 2. The summed E-state index contributed by atoms with van der Waals surface area (Å²) in [6.07, 6.45) is -0.0145. The third kappa shape index (κ3) is 5.31. The Bertz CT molecular complexity index is 933. The van der Waals surface area contributed by atoms with Crippen molar-refractivity contribution in [3.05, 3.63) is 54.1 Å². The van der Waals surface area contributed by atoms with E-state index in [4.69, 9.17) is 4.74 Å². The Balaban J connectivity index is 1.53. The second-order valence-electron chi connectivity index (χ2n) is 6.77. The maximum Gasteiger partial charge on any atom is 0.387 e. The van der Waals surface area contributed by atoms with Crippen LogP contribution in [0.4, 0.5) is 20.2 Å². The number of hydrogen-bond donors (Lipinski definition) is 1. The van der Waals surface area contributed by atoms with Gasteiger partial charge in [-0.1, -0.05) is 29.8 Å². The van der Waals surface area contributed by atoms with Crippen molar-refractivity contribution in [1.82, 2.24) is 0 Å². The molecule has 1 atom stereocenters. The zero-order valence-corrected chi connectivity index (χ0v) is 16.1. The molecule has 2 aromatic rings. The summed E-state index contributed by atoms with van der Waals surface area (Å²) >= 11 is 0. The van der Waals surface area contributed by atoms with Crippen molar-refractivity contribution in [2.24, 2.45) is 5.92 Å². The third-order valence-electron chi connectivity index (χ3n) is 4.53. The highest BCUT2D eigenvalue weighted by Gasteiger charge is 2.36. The molecule has 1 heterocycles. The number of ether oxygens (including phenoxy) is 2. The van der Waals surface area contributed by atoms with E-state index in [-0.39, 0.29) is 30.3 Å². The van der Waals surface area contributed by atoms with Crippen molar-refractivity contribution < 1.29 is 32.6 Å². The first-order valence-electron chi connectivity index (χ1n) is 9.21. The molecule has 0 saturated carbocycles. The van der Waals surface area contributed by atoms with Gasteiger partial charge in [0.25, 0.3) is 5.91 Å². The van der Waals surface area contributed by atoms with Crippen LogP contribution in [0.15, 0.2) is 48.5 Å². The summed E-state index contributed by atoms with van der Waals surface area (Å²) in [6.45, 7) is -1.57. The number of aryl methyl sites for hydroxylation is 1. The van der Waals surface area contributed by atoms with Gasteiger partial charge in [0.2, 0.25) is 5.91 Å². The molecule has 7 nitrogen and oxygen atoms in total. The zero-order chi connectivity index (χ0) is 21.7. The van der Waals surface area contributed by atoms with E-state index in [9.17, 15) is 23.2 Å². The number of alkyl halides is 2. The lowest BCUT2D eigenvalue weighted by atomic mass is 10.1. The molecule has 30 heavy (non-hydrogen) atoms. The summed E-state index contributed by atoms with van der Waals surface area (Å²) in [5.74, 6) is -2.50. The summed E-state index contributed by atoms with van der Waals surface area (Å²) in [4.78, 5) is 38.1. The lowest BCUT2D eigenvalue weighted by Crippen LogP contribution is -2.28. The molecule has 1 N–H and O–H groups in total. The highest BCUT2D eigenvalue weighted by Crippen LogP contribution is 2.27. The number of carbonyl (C=O) groups is 3. The summed E-state index contributed by atoms with van der Waals surface area (Å²) in [7, 11) is 0. The molecular formula is C21H20F2N2O5. The molecule has 0 aliphatic carbocycles. The molecule has 1 fully saturated rings. The van der Waals surface area contributed by atoms with Crippen LogP contribution in [0, 0.1) is 12.8 Å². The van der Waals surface area contributed by atoms with Gasteiger partial charge in [-0.2, -0.15) is 8.78 Å². The number of carbonyl (C=O) groups excluding carboxylic acids is 3. The second kappa shape index (κ2) is 9.34. The van der Waals surface area contributed by atoms with E-state index in [0.717, 1.165) is 5.56 Å². The number of nitrogens with zero attached hydrogens (tertiary/aromatic N) is 1. The van der Waals surface area contributed by atoms with Gasteiger partial charge in [-0.25, -0.2) is 0 Å². The lowest BCUT2D eigenvalue weighted by molar-refractivity contribution is -0.151. The quantitative estimate of drug-likeness (QED) is 0.699. The number of amides is 2. The SMILES string of the molecule is Cc1ccc(N2C[C@@H](C(=O)OCC(=O)Nc3ccccc3OC(F)F)CC2=O)cc1. The Morgan fingerprint density at radius 2 is 1.87 bits per heavy atom. The van der Waals surface area contributed by atoms with E-state index in [1.807, 2.05) is 19.1 Å². The lowest BCUT2D eigenvalue weighted by Gasteiger charge is -2.16. The standard InChI is InChI=1S/C21H20F2N2O5/c1-13-6-8-15(9-7-13)25-11-14(10-19(25)27)20(28)29-12-18(26)24-16-4-2-3-5-17(16)30-21(22)23/h2-9,14,21H,10-12H2,1H3,(H,24,26)/t14-/m0/s1. The molecule has 0 unspecified atom stereocenters. The van der Waals surface area contributed by atoms with E-state index in [0.29, 0.717) is 5.69 Å². The molecule has 0 spiro atoms. The number of nitrogens with one attached hydrogen (secondary N) is 1. The summed E-state index contributed by atoms with van der Waals surface area (Å²) in [5.41, 5.74) is 1.77. The molecule has 0 radical (unpaired) electrons. The highest BCUT2D eigenvalue weighted by molar-refractivity contribution is 6.00. The molecule has 9 heteroatoms. The highest BCUT2D eigenvalue weighted by atomic mass is 19.3. The Morgan fingerprint density at radius 1 is 1.17 bits per heavy atom. The molecule has 2 aromatic carbocycles. The second-order valence-corrected chi connectivity index (χ2v) is 6.77. The van der Waals surface area contributed by atoms with Crippen molar-refractivity contribution >= 4 is 29.2 Å². The van der Waals surface area contributed by atoms with E-state index in [1.54, 1.807) is 12.1 Å². The van der Waals surface area contributed by atoms with Gasteiger partial charge in [-0.15, -0.1) is 0 Å². The molecule has 2 amide bonds. The fourth-order valence-electron chi connectivity index (χ4n) is 3.05. The van der Waals surface area contributed by atoms with Crippen molar-refractivity contribution in [3.63, 3.8) is 0 Å². The van der Waals surface area contributed by atoms with Crippen LogP contribution in [0.2, 0.25) is 0 Å². The van der Waals surface area contributed by atoms with E-state index in [1.165, 1.54) is 29.2 Å². The average Bonchev–Trinajstić information content (AvgIpc) is 3.09. The summed E-state index contributed by atoms with van der Waals surface area (Å²) in [6, 6.07) is 13.0. The number of rotatable bonds is 7. The van der Waals surface area contributed by atoms with Crippen molar-refractivity contribution in [2.75, 3.05) is 23.4 Å². The predicted octanol–water partition coefficient (Wildman–Crippen LogP) is 3.13. The smallest absolute Gasteiger partial charge is 0.387 e. The van der Waals surface area contributed by atoms with Gasteiger partial charge in [0, 0.05) is 18.7 Å². The van der Waals surface area contributed by atoms with Crippen LogP contribution < -0.4 is 15.0 Å². The minimum atomic E-state index is -3.04. The average molecular weight is 418 g/mol. The molecular weight excluding hydrogens is 398 g/mol. The van der Waals surface area contributed by atoms with Gasteiger partial charge in [0.05, 0.1) is 11.6 Å². The Morgan fingerprint density at radius 3 is 2.57 bits per heavy atom. The number of esters is 1. The molecule has 1 aliphatic heterocycles. The van der Waals surface area contributed by atoms with Gasteiger partial charge in [-0.05, 0) is 31.2 Å². The van der Waals surface area contributed by atoms with Gasteiger partial charge < -0.3 is 19.7 Å². The molecule has 158 valence electrons. The largest absolute Gasteiger partial charge is 0.455 e. The minimum Gasteiger partial charge on any atom is -0.455 e. The number of benzene rings is 2. The fourth-order valence-corrected chi connectivity index (χ4v) is 3.05. The number of hydrogen-bond acceptors (Lipinski definition) is 5. The minimum absolute atomic E-state index is 0.0145. The first-order valence-corrected chi connectivity index (χ1v) is 9.21. The molecule has 0 bridgehead atoms. The molecule has 1 aliphatic rings. The molecule has 3 rings (SSSR count). The summed E-state index contributed by atoms with van der Waals surface area (Å²) < 4.78 is 34.2. The third-order valence-corrected chi connectivity index (χ3v) is 4.53. The van der Waals surface area contributed by atoms with Gasteiger partial charge in [-0.3, -0.25) is 14.4 Å². The van der Waals surface area contributed by atoms with Crippen LogP contribution in [0.1, 0.15) is 12.0 Å². The van der Waals surface area contributed by atoms with E-state index in [2.05, 4.69) is 10.1 Å². The topological polar surface area (TPSA) is 84.9 Å². The van der Waals surface area contributed by atoms with Crippen LogP contribution in [0.3, 0.4) is 0 Å². The Hall–Kier alpha value is -3.49.